The van der Waals surface area contributed by atoms with E-state index < -0.39 is 24.4 Å². The van der Waals surface area contributed by atoms with Crippen molar-refractivity contribution in [2.24, 2.45) is 0 Å². The minimum absolute atomic E-state index is 0.112. The van der Waals surface area contributed by atoms with Crippen LogP contribution >= 0.6 is 0 Å². The van der Waals surface area contributed by atoms with Crippen LogP contribution in [-0.2, 0) is 17.4 Å². The highest BCUT2D eigenvalue weighted by molar-refractivity contribution is 5.77. The summed E-state index contributed by atoms with van der Waals surface area (Å²) in [6.07, 6.45) is -1.98. The van der Waals surface area contributed by atoms with Gasteiger partial charge < -0.3 is 10.1 Å². The fourth-order valence-corrected chi connectivity index (χ4v) is 3.38. The van der Waals surface area contributed by atoms with Crippen molar-refractivity contribution in [3.8, 4) is 11.6 Å². The number of nitrogens with zero attached hydrogens (tertiary/aromatic N) is 2. The number of para-hydroxylation sites is 1. The van der Waals surface area contributed by atoms with Gasteiger partial charge in [0.25, 0.3) is 5.91 Å². The summed E-state index contributed by atoms with van der Waals surface area (Å²) >= 11 is 0. The number of amides is 1. The number of benzene rings is 2. The molecular formula is C23H22F3N3O2. The number of nitrogens with one attached hydrogen (secondary N) is 1. The Balaban J connectivity index is 1.46. The zero-order valence-electron chi connectivity index (χ0n) is 16.7. The standard InChI is InChI=1S/C23H22F3N3O2/c24-23(25,26)20-14-22(29(28-20)19-9-5-4-8-18(19)17-10-11-17)31-15-21(30)27-13-12-16-6-2-1-3-7-16/h1-9,14,17H,10-13,15H2,(H,27,30). The van der Waals surface area contributed by atoms with E-state index in [0.717, 1.165) is 34.7 Å². The van der Waals surface area contributed by atoms with Gasteiger partial charge in [-0.1, -0.05) is 48.5 Å². The summed E-state index contributed by atoms with van der Waals surface area (Å²) in [5.74, 6) is -0.213. The summed E-state index contributed by atoms with van der Waals surface area (Å²) in [5.41, 5.74) is 1.49. The van der Waals surface area contributed by atoms with Crippen molar-refractivity contribution in [1.82, 2.24) is 15.1 Å². The Hall–Kier alpha value is -3.29. The monoisotopic (exact) mass is 429 g/mol. The molecule has 31 heavy (non-hydrogen) atoms. The number of alkyl halides is 3. The number of hydrogen-bond donors (Lipinski definition) is 1. The maximum absolute atomic E-state index is 13.3. The van der Waals surface area contributed by atoms with Gasteiger partial charge in [-0.05, 0) is 42.4 Å². The van der Waals surface area contributed by atoms with E-state index in [9.17, 15) is 18.0 Å². The molecule has 1 saturated carbocycles. The van der Waals surface area contributed by atoms with Crippen molar-refractivity contribution in [3.05, 3.63) is 77.5 Å². The van der Waals surface area contributed by atoms with Crippen LogP contribution in [-0.4, -0.2) is 28.8 Å². The van der Waals surface area contributed by atoms with Crippen LogP contribution in [0, 0.1) is 0 Å². The normalized spacial score (nSPS) is 13.8. The molecule has 1 aliphatic carbocycles. The maximum atomic E-state index is 13.3. The molecule has 1 aromatic heterocycles. The summed E-state index contributed by atoms with van der Waals surface area (Å²) in [6.45, 7) is 0.00710. The third kappa shape index (κ3) is 5.25. The van der Waals surface area contributed by atoms with E-state index in [1.807, 2.05) is 42.5 Å². The van der Waals surface area contributed by atoms with Gasteiger partial charge in [-0.15, -0.1) is 0 Å². The lowest BCUT2D eigenvalue weighted by molar-refractivity contribution is -0.141. The third-order valence-corrected chi connectivity index (χ3v) is 5.08. The summed E-state index contributed by atoms with van der Waals surface area (Å²) in [6, 6.07) is 17.7. The Morgan fingerprint density at radius 1 is 1.10 bits per heavy atom. The van der Waals surface area contributed by atoms with Gasteiger partial charge in [-0.3, -0.25) is 4.79 Å². The smallest absolute Gasteiger partial charge is 0.435 e. The molecule has 1 aliphatic rings. The second-order valence-corrected chi connectivity index (χ2v) is 7.48. The molecule has 162 valence electrons. The number of ether oxygens (including phenoxy) is 1. The lowest BCUT2D eigenvalue weighted by Gasteiger charge is -2.13. The second-order valence-electron chi connectivity index (χ2n) is 7.48. The molecular weight excluding hydrogens is 407 g/mol. The van der Waals surface area contributed by atoms with Gasteiger partial charge in [0.2, 0.25) is 5.88 Å². The summed E-state index contributed by atoms with van der Waals surface area (Å²) in [5, 5.41) is 6.46. The van der Waals surface area contributed by atoms with Crippen LogP contribution in [0.2, 0.25) is 0 Å². The molecule has 0 atom stereocenters. The number of carbonyl (C=O) groups is 1. The number of aromatic nitrogens is 2. The first-order valence-corrected chi connectivity index (χ1v) is 10.1. The van der Waals surface area contributed by atoms with Crippen molar-refractivity contribution in [3.63, 3.8) is 0 Å². The van der Waals surface area contributed by atoms with Gasteiger partial charge in [0, 0.05) is 12.6 Å². The topological polar surface area (TPSA) is 56.1 Å². The van der Waals surface area contributed by atoms with E-state index in [2.05, 4.69) is 10.4 Å². The molecule has 0 saturated heterocycles. The lowest BCUT2D eigenvalue weighted by Crippen LogP contribution is -2.30. The van der Waals surface area contributed by atoms with Gasteiger partial charge >= 0.3 is 6.18 Å². The Morgan fingerprint density at radius 3 is 2.52 bits per heavy atom. The van der Waals surface area contributed by atoms with Crippen LogP contribution in [0.5, 0.6) is 5.88 Å². The van der Waals surface area contributed by atoms with Gasteiger partial charge in [0.1, 0.15) is 0 Å². The molecule has 0 radical (unpaired) electrons. The van der Waals surface area contributed by atoms with Crippen molar-refractivity contribution in [2.75, 3.05) is 13.2 Å². The molecule has 0 bridgehead atoms. The second kappa shape index (κ2) is 8.83. The molecule has 0 aliphatic heterocycles. The third-order valence-electron chi connectivity index (χ3n) is 5.08. The molecule has 5 nitrogen and oxygen atoms in total. The number of hydrogen-bond acceptors (Lipinski definition) is 3. The molecule has 1 N–H and O–H groups in total. The Morgan fingerprint density at radius 2 is 1.81 bits per heavy atom. The fourth-order valence-electron chi connectivity index (χ4n) is 3.38. The van der Waals surface area contributed by atoms with E-state index in [1.165, 1.54) is 0 Å². The average molecular weight is 429 g/mol. The zero-order valence-corrected chi connectivity index (χ0v) is 16.7. The molecule has 2 aromatic carbocycles. The van der Waals surface area contributed by atoms with Crippen LogP contribution < -0.4 is 10.1 Å². The first kappa shape index (κ1) is 21.0. The summed E-state index contributed by atoms with van der Waals surface area (Å²) in [4.78, 5) is 12.2. The van der Waals surface area contributed by atoms with Crippen LogP contribution in [0.15, 0.2) is 60.7 Å². The molecule has 0 unspecified atom stereocenters. The molecule has 1 heterocycles. The number of halogens is 3. The molecule has 3 aromatic rings. The Kier molecular flexibility index (Phi) is 5.97. The van der Waals surface area contributed by atoms with Crippen molar-refractivity contribution in [1.29, 1.82) is 0 Å². The number of carbonyl (C=O) groups excluding carboxylic acids is 1. The van der Waals surface area contributed by atoms with Crippen LogP contribution in [0.1, 0.15) is 35.6 Å². The minimum atomic E-state index is -4.62. The van der Waals surface area contributed by atoms with E-state index in [-0.39, 0.29) is 5.88 Å². The summed E-state index contributed by atoms with van der Waals surface area (Å²) in [7, 11) is 0. The average Bonchev–Trinajstić information content (AvgIpc) is 3.51. The van der Waals surface area contributed by atoms with Crippen LogP contribution in [0.4, 0.5) is 13.2 Å². The van der Waals surface area contributed by atoms with E-state index in [0.29, 0.717) is 24.6 Å². The SMILES string of the molecule is O=C(COc1cc(C(F)(F)F)nn1-c1ccccc1C1CC1)NCCc1ccccc1. The van der Waals surface area contributed by atoms with E-state index in [4.69, 9.17) is 4.74 Å². The van der Waals surface area contributed by atoms with Gasteiger partial charge in [0.15, 0.2) is 12.3 Å². The molecule has 0 spiro atoms. The highest BCUT2D eigenvalue weighted by atomic mass is 19.4. The first-order chi connectivity index (χ1) is 14.9. The van der Waals surface area contributed by atoms with Crippen LogP contribution in [0.25, 0.3) is 5.69 Å². The lowest BCUT2D eigenvalue weighted by atomic mass is 10.1. The number of rotatable bonds is 8. The first-order valence-electron chi connectivity index (χ1n) is 10.1. The quantitative estimate of drug-likeness (QED) is 0.574. The highest BCUT2D eigenvalue weighted by Gasteiger charge is 2.36. The largest absolute Gasteiger partial charge is 0.467 e. The highest BCUT2D eigenvalue weighted by Crippen LogP contribution is 2.43. The predicted molar refractivity (Wildman–Crippen MR) is 109 cm³/mol. The molecule has 1 fully saturated rings. The molecule has 8 heteroatoms. The van der Waals surface area contributed by atoms with E-state index in [1.54, 1.807) is 12.1 Å². The Bertz CT molecular complexity index is 1040. The van der Waals surface area contributed by atoms with Gasteiger partial charge in [0.05, 0.1) is 5.69 Å². The fraction of sp³-hybridized carbons (Fsp3) is 0.304. The Labute approximate surface area is 177 Å². The molecule has 4 rings (SSSR count). The van der Waals surface area contributed by atoms with Crippen molar-refractivity contribution < 1.29 is 22.7 Å². The van der Waals surface area contributed by atoms with Crippen molar-refractivity contribution in [2.45, 2.75) is 31.4 Å². The molecule has 1 amide bonds. The maximum Gasteiger partial charge on any atom is 0.435 e. The zero-order chi connectivity index (χ0) is 21.8. The van der Waals surface area contributed by atoms with Crippen molar-refractivity contribution >= 4 is 5.91 Å². The minimum Gasteiger partial charge on any atom is -0.467 e. The van der Waals surface area contributed by atoms with Gasteiger partial charge in [-0.2, -0.15) is 18.3 Å². The summed E-state index contributed by atoms with van der Waals surface area (Å²) < 4.78 is 46.5. The van der Waals surface area contributed by atoms with Gasteiger partial charge in [-0.25, -0.2) is 4.68 Å². The van der Waals surface area contributed by atoms with Crippen LogP contribution in [0.3, 0.4) is 0 Å². The van der Waals surface area contributed by atoms with E-state index >= 15 is 0 Å². The predicted octanol–water partition coefficient (Wildman–Crippen LogP) is 4.51.